The van der Waals surface area contributed by atoms with E-state index in [4.69, 9.17) is 14.2 Å². The van der Waals surface area contributed by atoms with E-state index in [1.807, 2.05) is 51.1 Å². The number of carbonyl (C=O) groups is 2. The topological polar surface area (TPSA) is 94.4 Å². The minimum atomic E-state index is -1.21. The van der Waals surface area contributed by atoms with Crippen LogP contribution in [-0.2, 0) is 29.4 Å². The van der Waals surface area contributed by atoms with Gasteiger partial charge in [0.05, 0.1) is 0 Å². The summed E-state index contributed by atoms with van der Waals surface area (Å²) in [6.07, 6.45) is 1.99. The van der Waals surface area contributed by atoms with Gasteiger partial charge in [0.1, 0.15) is 6.61 Å². The number of hydrogen-bond donors (Lipinski definition) is 1. The molecule has 0 saturated heterocycles. The molecule has 1 rings (SSSR count). The second kappa shape index (κ2) is 14.6. The van der Waals surface area contributed by atoms with Gasteiger partial charge < -0.3 is 19.4 Å². The molecule has 0 aromatic heterocycles. The summed E-state index contributed by atoms with van der Waals surface area (Å²) in [6.45, 7) is 7.26. The number of oxime groups is 1. The number of nitrogens with zero attached hydrogens (tertiary/aromatic N) is 1. The number of rotatable bonds is 12. The Kier molecular flexibility index (Phi) is 13.5. The molecule has 7 nitrogen and oxygen atoms in total. The van der Waals surface area contributed by atoms with Crippen molar-refractivity contribution in [3.63, 3.8) is 0 Å². The van der Waals surface area contributed by atoms with Gasteiger partial charge in [0.25, 0.3) is 0 Å². The van der Waals surface area contributed by atoms with E-state index in [-0.39, 0.29) is 42.3 Å². The zero-order valence-corrected chi connectivity index (χ0v) is 17.8. The first-order valence-electron chi connectivity index (χ1n) is 10.2. The SMILES string of the molecule is CCCC(=O)OCC(OC(=O)CCC)C(C)(OC(CCC)=NO)c1ccccc1.[SiH4]. The van der Waals surface area contributed by atoms with Crippen molar-refractivity contribution in [2.24, 2.45) is 5.16 Å². The van der Waals surface area contributed by atoms with Crippen LogP contribution in [0.4, 0.5) is 0 Å². The molecule has 0 aliphatic heterocycles. The van der Waals surface area contributed by atoms with Gasteiger partial charge in [-0.3, -0.25) is 9.59 Å². The van der Waals surface area contributed by atoms with Crippen LogP contribution in [0.5, 0.6) is 0 Å². The molecule has 0 fully saturated rings. The largest absolute Gasteiger partial charge is 0.463 e. The molecule has 2 unspecified atom stereocenters. The molecule has 1 aromatic carbocycles. The van der Waals surface area contributed by atoms with Crippen LogP contribution in [-0.4, -0.2) is 46.7 Å². The Balaban J connectivity index is 0.00000841. The molecule has 0 aliphatic rings. The lowest BCUT2D eigenvalue weighted by atomic mass is 9.89. The van der Waals surface area contributed by atoms with Gasteiger partial charge in [0, 0.05) is 19.3 Å². The minimum Gasteiger partial charge on any atom is -0.463 e. The highest BCUT2D eigenvalue weighted by Gasteiger charge is 2.43. The maximum atomic E-state index is 12.3. The van der Waals surface area contributed by atoms with E-state index in [1.54, 1.807) is 6.92 Å². The molecule has 1 aromatic rings. The Bertz CT molecular complexity index is 667. The summed E-state index contributed by atoms with van der Waals surface area (Å²) in [5.74, 6) is -0.660. The van der Waals surface area contributed by atoms with Crippen molar-refractivity contribution in [2.45, 2.75) is 77.9 Å². The second-order valence-electron chi connectivity index (χ2n) is 6.98. The van der Waals surface area contributed by atoms with Crippen molar-refractivity contribution in [3.05, 3.63) is 35.9 Å². The Morgan fingerprint density at radius 2 is 1.57 bits per heavy atom. The summed E-state index contributed by atoms with van der Waals surface area (Å²) < 4.78 is 17.1. The van der Waals surface area contributed by atoms with Crippen LogP contribution < -0.4 is 0 Å². The molecule has 0 amide bonds. The molecular formula is C22H37NO6Si. The fourth-order valence-corrected chi connectivity index (χ4v) is 2.83. The van der Waals surface area contributed by atoms with E-state index >= 15 is 0 Å². The van der Waals surface area contributed by atoms with Crippen molar-refractivity contribution in [3.8, 4) is 0 Å². The Hall–Kier alpha value is -2.35. The molecular weight excluding hydrogens is 402 g/mol. The Labute approximate surface area is 183 Å². The van der Waals surface area contributed by atoms with Gasteiger partial charge in [0.2, 0.25) is 5.90 Å². The monoisotopic (exact) mass is 439 g/mol. The number of carbonyl (C=O) groups excluding carboxylic acids is 2. The van der Waals surface area contributed by atoms with Gasteiger partial charge in [0.15, 0.2) is 11.7 Å². The molecule has 8 heteroatoms. The minimum absolute atomic E-state index is 0. The van der Waals surface area contributed by atoms with Crippen molar-refractivity contribution in [2.75, 3.05) is 6.61 Å². The average molecular weight is 440 g/mol. The zero-order chi connectivity index (χ0) is 21.7. The fourth-order valence-electron chi connectivity index (χ4n) is 2.83. The molecule has 2 atom stereocenters. The van der Waals surface area contributed by atoms with Crippen LogP contribution in [0.1, 0.15) is 71.8 Å². The van der Waals surface area contributed by atoms with Gasteiger partial charge in [-0.05, 0) is 42.7 Å². The number of esters is 2. The zero-order valence-electron chi connectivity index (χ0n) is 17.8. The molecule has 0 saturated carbocycles. The van der Waals surface area contributed by atoms with E-state index in [0.29, 0.717) is 31.2 Å². The maximum Gasteiger partial charge on any atom is 0.306 e. The molecule has 0 bridgehead atoms. The van der Waals surface area contributed by atoms with E-state index in [2.05, 4.69) is 5.16 Å². The van der Waals surface area contributed by atoms with Gasteiger partial charge >= 0.3 is 11.9 Å². The molecule has 0 heterocycles. The Morgan fingerprint density at radius 1 is 1.00 bits per heavy atom. The standard InChI is InChI=1S/C22H33NO6.H4Si/c1-5-11-19(23-26)29-22(4,17-14-9-8-10-15-17)18(28-21(25)13-7-3)16-27-20(24)12-6-2;/h8-10,14-15,18,26H,5-7,11-13,16H2,1-4H3;1H4. The lowest BCUT2D eigenvalue weighted by molar-refractivity contribution is -0.176. The van der Waals surface area contributed by atoms with Crippen molar-refractivity contribution in [1.29, 1.82) is 0 Å². The normalized spacial score (nSPS) is 14.1. The summed E-state index contributed by atoms with van der Waals surface area (Å²) in [7, 11) is 0. The molecule has 170 valence electrons. The van der Waals surface area contributed by atoms with Crippen LogP contribution in [0.3, 0.4) is 0 Å². The van der Waals surface area contributed by atoms with Gasteiger partial charge in [-0.15, -0.1) is 0 Å². The third-order valence-electron chi connectivity index (χ3n) is 4.44. The lowest BCUT2D eigenvalue weighted by Gasteiger charge is -2.37. The van der Waals surface area contributed by atoms with E-state index in [0.717, 1.165) is 0 Å². The van der Waals surface area contributed by atoms with Gasteiger partial charge in [-0.2, -0.15) is 0 Å². The lowest BCUT2D eigenvalue weighted by Crippen LogP contribution is -2.47. The van der Waals surface area contributed by atoms with E-state index in [1.165, 1.54) is 0 Å². The summed E-state index contributed by atoms with van der Waals surface area (Å²) in [6, 6.07) is 9.18. The van der Waals surface area contributed by atoms with Crippen LogP contribution >= 0.6 is 0 Å². The first-order chi connectivity index (χ1) is 13.9. The van der Waals surface area contributed by atoms with Gasteiger partial charge in [-0.25, -0.2) is 0 Å². The van der Waals surface area contributed by atoms with Crippen molar-refractivity contribution < 1.29 is 29.0 Å². The van der Waals surface area contributed by atoms with Crippen molar-refractivity contribution >= 4 is 28.8 Å². The first kappa shape index (κ1) is 27.6. The van der Waals surface area contributed by atoms with E-state index < -0.39 is 17.7 Å². The summed E-state index contributed by atoms with van der Waals surface area (Å²) >= 11 is 0. The maximum absolute atomic E-state index is 12.3. The van der Waals surface area contributed by atoms with Crippen LogP contribution in [0, 0.1) is 0 Å². The fraction of sp³-hybridized carbons (Fsp3) is 0.591. The summed E-state index contributed by atoms with van der Waals surface area (Å²) in [5, 5.41) is 12.6. The highest BCUT2D eigenvalue weighted by molar-refractivity contribution is 5.76. The molecule has 1 N–H and O–H groups in total. The molecule has 30 heavy (non-hydrogen) atoms. The number of ether oxygens (including phenoxy) is 3. The predicted molar refractivity (Wildman–Crippen MR) is 121 cm³/mol. The molecule has 0 aliphatic carbocycles. The highest BCUT2D eigenvalue weighted by Crippen LogP contribution is 2.33. The predicted octanol–water partition coefficient (Wildman–Crippen LogP) is 3.11. The van der Waals surface area contributed by atoms with E-state index in [9.17, 15) is 14.8 Å². The highest BCUT2D eigenvalue weighted by atomic mass is 28.1. The van der Waals surface area contributed by atoms with Gasteiger partial charge in [-0.1, -0.05) is 56.3 Å². The molecule has 0 spiro atoms. The number of hydrogen-bond acceptors (Lipinski definition) is 7. The summed E-state index contributed by atoms with van der Waals surface area (Å²) in [5.41, 5.74) is -0.508. The average Bonchev–Trinajstić information content (AvgIpc) is 2.71. The van der Waals surface area contributed by atoms with Crippen molar-refractivity contribution in [1.82, 2.24) is 0 Å². The third kappa shape index (κ3) is 8.57. The Morgan fingerprint density at radius 3 is 2.10 bits per heavy atom. The van der Waals surface area contributed by atoms with Crippen LogP contribution in [0.25, 0.3) is 0 Å². The van der Waals surface area contributed by atoms with Crippen LogP contribution in [0.15, 0.2) is 35.5 Å². The quantitative estimate of drug-likeness (QED) is 0.134. The summed E-state index contributed by atoms with van der Waals surface area (Å²) in [4.78, 5) is 24.2. The smallest absolute Gasteiger partial charge is 0.306 e. The first-order valence-corrected chi connectivity index (χ1v) is 10.2. The third-order valence-corrected chi connectivity index (χ3v) is 4.44. The molecule has 0 radical (unpaired) electrons. The second-order valence-corrected chi connectivity index (χ2v) is 6.98. The number of benzene rings is 1. The van der Waals surface area contributed by atoms with Crippen LogP contribution in [0.2, 0.25) is 0 Å².